The van der Waals surface area contributed by atoms with Crippen molar-refractivity contribution in [1.29, 1.82) is 0 Å². The average molecular weight is 346 g/mol. The topological polar surface area (TPSA) is 77.5 Å². The third kappa shape index (κ3) is 4.08. The summed E-state index contributed by atoms with van der Waals surface area (Å²) in [6.07, 6.45) is 1.01. The fraction of sp³-hybridized carbons (Fsp3) is 0.222. The molecule has 0 bridgehead atoms. The van der Waals surface area contributed by atoms with Crippen molar-refractivity contribution >= 4 is 21.6 Å². The number of carbonyl (C=O) groups is 2. The highest BCUT2D eigenvalue weighted by Crippen LogP contribution is 2.17. The van der Waals surface area contributed by atoms with Crippen LogP contribution in [0.4, 0.5) is 0 Å². The van der Waals surface area contributed by atoms with E-state index >= 15 is 0 Å². The summed E-state index contributed by atoms with van der Waals surface area (Å²) in [5.74, 6) is -1.17. The highest BCUT2D eigenvalue weighted by atomic mass is 32.2. The Bertz CT molecular complexity index is 897. The van der Waals surface area contributed by atoms with E-state index in [0.717, 1.165) is 17.4 Å². The third-order valence-corrected chi connectivity index (χ3v) is 4.68. The second kappa shape index (κ2) is 6.97. The molecular weight excluding hydrogens is 328 g/mol. The minimum Gasteiger partial charge on any atom is -0.454 e. The first kappa shape index (κ1) is 17.9. The molecule has 6 heteroatoms. The van der Waals surface area contributed by atoms with Crippen molar-refractivity contribution in [3.8, 4) is 0 Å². The first-order valence-electron chi connectivity index (χ1n) is 7.27. The first-order chi connectivity index (χ1) is 11.2. The van der Waals surface area contributed by atoms with Crippen molar-refractivity contribution in [2.75, 3.05) is 12.9 Å². The lowest BCUT2D eigenvalue weighted by molar-refractivity contribution is 0.0471. The van der Waals surface area contributed by atoms with E-state index in [1.165, 1.54) is 24.3 Å². The zero-order valence-electron chi connectivity index (χ0n) is 13.7. The molecule has 0 radical (unpaired) electrons. The molecule has 0 aliphatic rings. The van der Waals surface area contributed by atoms with Crippen LogP contribution in [0.1, 0.15) is 31.8 Å². The number of Topliss-reactive ketones (excluding diaryl/α,β-unsaturated/α-hetero) is 1. The Morgan fingerprint density at radius 1 is 1.00 bits per heavy atom. The predicted molar refractivity (Wildman–Crippen MR) is 90.1 cm³/mol. The molecule has 0 spiro atoms. The van der Waals surface area contributed by atoms with Gasteiger partial charge in [-0.05, 0) is 31.5 Å². The fourth-order valence-electron chi connectivity index (χ4n) is 2.37. The molecule has 0 saturated heterocycles. The lowest BCUT2D eigenvalue weighted by Crippen LogP contribution is -2.17. The molecule has 2 rings (SSSR count). The maximum Gasteiger partial charge on any atom is 0.339 e. The molecule has 126 valence electrons. The number of esters is 1. The molecule has 0 heterocycles. The number of hydrogen-bond donors (Lipinski definition) is 0. The average Bonchev–Trinajstić information content (AvgIpc) is 2.51. The van der Waals surface area contributed by atoms with Gasteiger partial charge < -0.3 is 4.74 Å². The maximum absolute atomic E-state index is 12.2. The molecule has 2 aromatic rings. The second-order valence-electron chi connectivity index (χ2n) is 5.59. The summed E-state index contributed by atoms with van der Waals surface area (Å²) in [5.41, 5.74) is 2.23. The molecule has 0 amide bonds. The summed E-state index contributed by atoms with van der Waals surface area (Å²) in [5, 5.41) is 0. The fourth-order valence-corrected chi connectivity index (χ4v) is 3.25. The molecule has 0 fully saturated rings. The zero-order valence-corrected chi connectivity index (χ0v) is 14.5. The van der Waals surface area contributed by atoms with Crippen LogP contribution in [0, 0.1) is 13.8 Å². The van der Waals surface area contributed by atoms with E-state index in [1.54, 1.807) is 19.1 Å². The van der Waals surface area contributed by atoms with Gasteiger partial charge in [0.05, 0.1) is 10.5 Å². The molecule has 0 unspecified atom stereocenters. The quantitative estimate of drug-likeness (QED) is 0.614. The number of ketones is 1. The summed E-state index contributed by atoms with van der Waals surface area (Å²) in [6.45, 7) is 3.28. The van der Waals surface area contributed by atoms with E-state index in [-0.39, 0.29) is 16.2 Å². The van der Waals surface area contributed by atoms with Gasteiger partial charge in [0, 0.05) is 11.8 Å². The molecule has 5 nitrogen and oxygen atoms in total. The highest BCUT2D eigenvalue weighted by Gasteiger charge is 2.20. The number of ether oxygens (including phenoxy) is 1. The summed E-state index contributed by atoms with van der Waals surface area (Å²) >= 11 is 0. The van der Waals surface area contributed by atoms with Crippen molar-refractivity contribution in [3.05, 3.63) is 64.7 Å². The van der Waals surface area contributed by atoms with E-state index in [4.69, 9.17) is 4.74 Å². The Labute approximate surface area is 141 Å². The van der Waals surface area contributed by atoms with Crippen molar-refractivity contribution in [2.24, 2.45) is 0 Å². The van der Waals surface area contributed by atoms with Gasteiger partial charge in [-0.1, -0.05) is 35.9 Å². The van der Waals surface area contributed by atoms with Gasteiger partial charge in [-0.3, -0.25) is 4.79 Å². The Morgan fingerprint density at radius 3 is 2.29 bits per heavy atom. The molecule has 2 aromatic carbocycles. The molecule has 0 saturated carbocycles. The van der Waals surface area contributed by atoms with E-state index < -0.39 is 22.4 Å². The maximum atomic E-state index is 12.2. The first-order valence-corrected chi connectivity index (χ1v) is 9.16. The summed E-state index contributed by atoms with van der Waals surface area (Å²) in [6, 6.07) is 11.1. The molecule has 0 atom stereocenters. The SMILES string of the molecule is Cc1ccc(C(=O)COC(=O)c2ccccc2S(C)(=O)=O)c(C)c1. The van der Waals surface area contributed by atoms with Gasteiger partial charge in [-0.25, -0.2) is 13.2 Å². The van der Waals surface area contributed by atoms with Gasteiger partial charge in [-0.2, -0.15) is 0 Å². The monoisotopic (exact) mass is 346 g/mol. The Morgan fingerprint density at radius 2 is 1.67 bits per heavy atom. The van der Waals surface area contributed by atoms with Crippen molar-refractivity contribution in [2.45, 2.75) is 18.7 Å². The number of carbonyl (C=O) groups excluding carboxylic acids is 2. The van der Waals surface area contributed by atoms with Gasteiger partial charge in [0.2, 0.25) is 5.78 Å². The standard InChI is InChI=1S/C18H18O5S/c1-12-8-9-14(13(2)10-12)16(19)11-23-18(20)15-6-4-5-7-17(15)24(3,21)22/h4-10H,11H2,1-3H3. The number of sulfone groups is 1. The Hall–Kier alpha value is -2.47. The second-order valence-corrected chi connectivity index (χ2v) is 7.57. The van der Waals surface area contributed by atoms with E-state index in [9.17, 15) is 18.0 Å². The number of rotatable bonds is 5. The van der Waals surface area contributed by atoms with Gasteiger partial charge >= 0.3 is 5.97 Å². The van der Waals surface area contributed by atoms with Gasteiger partial charge in [0.15, 0.2) is 16.4 Å². The summed E-state index contributed by atoms with van der Waals surface area (Å²) < 4.78 is 28.5. The number of benzene rings is 2. The molecular formula is C18H18O5S. The van der Waals surface area contributed by atoms with E-state index in [1.807, 2.05) is 13.0 Å². The molecule has 0 aromatic heterocycles. The van der Waals surface area contributed by atoms with Crippen molar-refractivity contribution < 1.29 is 22.7 Å². The smallest absolute Gasteiger partial charge is 0.339 e. The minimum atomic E-state index is -3.57. The van der Waals surface area contributed by atoms with E-state index in [2.05, 4.69) is 0 Å². The van der Waals surface area contributed by atoms with E-state index in [0.29, 0.717) is 5.56 Å². The van der Waals surface area contributed by atoms with Gasteiger partial charge in [-0.15, -0.1) is 0 Å². The molecule has 24 heavy (non-hydrogen) atoms. The number of hydrogen-bond acceptors (Lipinski definition) is 5. The summed E-state index contributed by atoms with van der Waals surface area (Å²) in [7, 11) is -3.57. The molecule has 0 aliphatic heterocycles. The van der Waals surface area contributed by atoms with Crippen LogP contribution < -0.4 is 0 Å². The van der Waals surface area contributed by atoms with Gasteiger partial charge in [0.1, 0.15) is 0 Å². The largest absolute Gasteiger partial charge is 0.454 e. The van der Waals surface area contributed by atoms with Crippen molar-refractivity contribution in [1.82, 2.24) is 0 Å². The Kier molecular flexibility index (Phi) is 5.19. The normalized spacial score (nSPS) is 11.1. The van der Waals surface area contributed by atoms with Crippen LogP contribution in [0.3, 0.4) is 0 Å². The van der Waals surface area contributed by atoms with Crippen LogP contribution in [0.15, 0.2) is 47.4 Å². The summed E-state index contributed by atoms with van der Waals surface area (Å²) in [4.78, 5) is 24.2. The predicted octanol–water partition coefficient (Wildman–Crippen LogP) is 2.75. The van der Waals surface area contributed by atoms with Gasteiger partial charge in [0.25, 0.3) is 0 Å². The number of aryl methyl sites for hydroxylation is 2. The van der Waals surface area contributed by atoms with Crippen LogP contribution >= 0.6 is 0 Å². The van der Waals surface area contributed by atoms with Crippen LogP contribution in [0.2, 0.25) is 0 Å². The lowest BCUT2D eigenvalue weighted by atomic mass is 10.0. The molecule has 0 N–H and O–H groups in total. The Balaban J connectivity index is 2.16. The van der Waals surface area contributed by atoms with Crippen LogP contribution in [-0.4, -0.2) is 33.0 Å². The highest BCUT2D eigenvalue weighted by molar-refractivity contribution is 7.90. The van der Waals surface area contributed by atoms with Crippen LogP contribution in [0.5, 0.6) is 0 Å². The van der Waals surface area contributed by atoms with Crippen LogP contribution in [0.25, 0.3) is 0 Å². The zero-order chi connectivity index (χ0) is 17.9. The third-order valence-electron chi connectivity index (χ3n) is 3.52. The molecule has 0 aliphatic carbocycles. The van der Waals surface area contributed by atoms with Crippen LogP contribution in [-0.2, 0) is 14.6 Å². The lowest BCUT2D eigenvalue weighted by Gasteiger charge is -2.09. The van der Waals surface area contributed by atoms with Crippen molar-refractivity contribution in [3.63, 3.8) is 0 Å². The minimum absolute atomic E-state index is 0.0755.